The summed E-state index contributed by atoms with van der Waals surface area (Å²) >= 11 is 0. The first-order valence-electron chi connectivity index (χ1n) is 6.84. The topological polar surface area (TPSA) is 58.4 Å². The fourth-order valence-electron chi connectivity index (χ4n) is 1.98. The number of benzene rings is 2. The number of oxime groups is 1. The van der Waals surface area contributed by atoms with Gasteiger partial charge >= 0.3 is 0 Å². The number of ether oxygens (including phenoxy) is 1. The number of rotatable bonds is 6. The predicted octanol–water partition coefficient (Wildman–Crippen LogP) is 2.02. The molecule has 0 heterocycles. The molecule has 0 radical (unpaired) electrons. The molecule has 4 heteroatoms. The molecule has 2 aromatic carbocycles. The molecule has 106 valence electrons. The highest BCUT2D eigenvalue weighted by Gasteiger charge is 2.08. The van der Waals surface area contributed by atoms with Crippen molar-refractivity contribution in [3.05, 3.63) is 42.5 Å². The molecule has 20 heavy (non-hydrogen) atoms. The van der Waals surface area contributed by atoms with Crippen molar-refractivity contribution in [3.63, 3.8) is 0 Å². The van der Waals surface area contributed by atoms with E-state index in [1.165, 1.54) is 0 Å². The Morgan fingerprint density at radius 3 is 2.70 bits per heavy atom. The second-order valence-corrected chi connectivity index (χ2v) is 5.12. The summed E-state index contributed by atoms with van der Waals surface area (Å²) in [6.45, 7) is 5.13. The number of quaternary nitrogens is 1. The predicted molar refractivity (Wildman–Crippen MR) is 80.6 cm³/mol. The third kappa shape index (κ3) is 3.71. The SMILES string of the molecule is CC(C)[NH2+]C/C(COc1cccc2ccccc12)=N/O. The van der Waals surface area contributed by atoms with Gasteiger partial charge in [0.1, 0.15) is 24.6 Å². The van der Waals surface area contributed by atoms with Crippen molar-refractivity contribution in [2.24, 2.45) is 5.16 Å². The number of hydrogen-bond acceptors (Lipinski definition) is 3. The van der Waals surface area contributed by atoms with Crippen LogP contribution in [-0.4, -0.2) is 30.1 Å². The van der Waals surface area contributed by atoms with Crippen molar-refractivity contribution in [2.45, 2.75) is 19.9 Å². The summed E-state index contributed by atoms with van der Waals surface area (Å²) in [5.41, 5.74) is 0.631. The minimum absolute atomic E-state index is 0.299. The Labute approximate surface area is 119 Å². The van der Waals surface area contributed by atoms with Crippen LogP contribution < -0.4 is 10.1 Å². The van der Waals surface area contributed by atoms with Gasteiger partial charge in [0.25, 0.3) is 0 Å². The van der Waals surface area contributed by atoms with Crippen molar-refractivity contribution in [2.75, 3.05) is 13.2 Å². The molecule has 0 aliphatic carbocycles. The van der Waals surface area contributed by atoms with E-state index >= 15 is 0 Å². The third-order valence-electron chi connectivity index (χ3n) is 3.11. The van der Waals surface area contributed by atoms with Crippen LogP contribution in [0.15, 0.2) is 47.6 Å². The summed E-state index contributed by atoms with van der Waals surface area (Å²) in [7, 11) is 0. The van der Waals surface area contributed by atoms with E-state index in [4.69, 9.17) is 9.94 Å². The van der Waals surface area contributed by atoms with Crippen molar-refractivity contribution in [1.29, 1.82) is 0 Å². The van der Waals surface area contributed by atoms with E-state index in [2.05, 4.69) is 36.5 Å². The fraction of sp³-hybridized carbons (Fsp3) is 0.312. The fourth-order valence-corrected chi connectivity index (χ4v) is 1.98. The minimum Gasteiger partial charge on any atom is -0.487 e. The first-order chi connectivity index (χ1) is 9.70. The quantitative estimate of drug-likeness (QED) is 0.480. The maximum Gasteiger partial charge on any atom is 0.148 e. The summed E-state index contributed by atoms with van der Waals surface area (Å²) in [5.74, 6) is 0.814. The summed E-state index contributed by atoms with van der Waals surface area (Å²) in [5, 5.41) is 16.6. The lowest BCUT2D eigenvalue weighted by molar-refractivity contribution is -0.670. The Kier molecular flexibility index (Phi) is 4.96. The average Bonchev–Trinajstić information content (AvgIpc) is 2.47. The molecular formula is C16H21N2O2+. The number of nitrogens with zero attached hydrogens (tertiary/aromatic N) is 1. The van der Waals surface area contributed by atoms with Crippen LogP contribution in [0, 0.1) is 0 Å². The van der Waals surface area contributed by atoms with Gasteiger partial charge < -0.3 is 15.3 Å². The van der Waals surface area contributed by atoms with Crippen LogP contribution in [0.2, 0.25) is 0 Å². The highest BCUT2D eigenvalue weighted by atomic mass is 16.5. The molecule has 0 fully saturated rings. The van der Waals surface area contributed by atoms with Gasteiger partial charge in [-0.25, -0.2) is 0 Å². The van der Waals surface area contributed by atoms with Crippen LogP contribution in [-0.2, 0) is 0 Å². The molecule has 0 saturated heterocycles. The maximum atomic E-state index is 9.02. The van der Waals surface area contributed by atoms with E-state index in [0.29, 0.717) is 24.9 Å². The third-order valence-corrected chi connectivity index (χ3v) is 3.11. The van der Waals surface area contributed by atoms with Gasteiger partial charge in [-0.3, -0.25) is 0 Å². The smallest absolute Gasteiger partial charge is 0.148 e. The molecule has 3 N–H and O–H groups in total. The van der Waals surface area contributed by atoms with E-state index in [0.717, 1.165) is 16.5 Å². The largest absolute Gasteiger partial charge is 0.487 e. The van der Waals surface area contributed by atoms with Crippen molar-refractivity contribution < 1.29 is 15.3 Å². The van der Waals surface area contributed by atoms with Gasteiger partial charge in [-0.15, -0.1) is 0 Å². The van der Waals surface area contributed by atoms with Gasteiger partial charge in [0, 0.05) is 5.39 Å². The Balaban J connectivity index is 2.05. The van der Waals surface area contributed by atoms with E-state index < -0.39 is 0 Å². The van der Waals surface area contributed by atoms with Crippen LogP contribution in [0.25, 0.3) is 10.8 Å². The van der Waals surface area contributed by atoms with E-state index in [1.807, 2.05) is 30.3 Å². The lowest BCUT2D eigenvalue weighted by atomic mass is 10.1. The van der Waals surface area contributed by atoms with Crippen LogP contribution in [0.5, 0.6) is 5.75 Å². The number of fused-ring (bicyclic) bond motifs is 1. The molecule has 0 atom stereocenters. The molecule has 4 nitrogen and oxygen atoms in total. The van der Waals surface area contributed by atoms with Crippen LogP contribution in [0.1, 0.15) is 13.8 Å². The van der Waals surface area contributed by atoms with Crippen LogP contribution in [0.4, 0.5) is 0 Å². The normalized spacial score (nSPS) is 12.1. The molecule has 0 aliphatic heterocycles. The number of hydrogen-bond donors (Lipinski definition) is 2. The van der Waals surface area contributed by atoms with Gasteiger partial charge in [-0.2, -0.15) is 0 Å². The van der Waals surface area contributed by atoms with Gasteiger partial charge in [0.15, 0.2) is 0 Å². The Hall–Kier alpha value is -2.07. The van der Waals surface area contributed by atoms with Crippen molar-refractivity contribution >= 4 is 16.5 Å². The molecule has 0 aromatic heterocycles. The molecule has 0 spiro atoms. The van der Waals surface area contributed by atoms with Crippen LogP contribution >= 0.6 is 0 Å². The first kappa shape index (κ1) is 14.3. The van der Waals surface area contributed by atoms with Gasteiger partial charge in [0.05, 0.1) is 6.04 Å². The summed E-state index contributed by atoms with van der Waals surface area (Å²) < 4.78 is 5.79. The zero-order valence-electron chi connectivity index (χ0n) is 11.9. The van der Waals surface area contributed by atoms with Crippen LogP contribution in [0.3, 0.4) is 0 Å². The molecule has 0 amide bonds. The van der Waals surface area contributed by atoms with Gasteiger partial charge in [-0.05, 0) is 25.3 Å². The zero-order valence-corrected chi connectivity index (χ0v) is 11.9. The second-order valence-electron chi connectivity index (χ2n) is 5.12. The molecule has 0 bridgehead atoms. The van der Waals surface area contributed by atoms with E-state index in [-0.39, 0.29) is 0 Å². The lowest BCUT2D eigenvalue weighted by Gasteiger charge is -2.10. The van der Waals surface area contributed by atoms with E-state index in [9.17, 15) is 0 Å². The standard InChI is InChI=1S/C16H20N2O2/c1-12(2)17-10-14(18-19)11-20-16-9-5-7-13-6-3-4-8-15(13)16/h3-9,12,17,19H,10-11H2,1-2H3/p+1/b18-14-. The monoisotopic (exact) mass is 273 g/mol. The van der Waals surface area contributed by atoms with E-state index in [1.54, 1.807) is 0 Å². The molecule has 0 unspecified atom stereocenters. The lowest BCUT2D eigenvalue weighted by Crippen LogP contribution is -2.90. The van der Waals surface area contributed by atoms with Crippen molar-refractivity contribution in [3.8, 4) is 5.75 Å². The molecular weight excluding hydrogens is 252 g/mol. The zero-order chi connectivity index (χ0) is 14.4. The molecule has 0 aliphatic rings. The first-order valence-corrected chi connectivity index (χ1v) is 6.84. The highest BCUT2D eigenvalue weighted by molar-refractivity contribution is 5.89. The van der Waals surface area contributed by atoms with Crippen molar-refractivity contribution in [1.82, 2.24) is 0 Å². The Morgan fingerprint density at radius 2 is 1.95 bits per heavy atom. The molecule has 2 aromatic rings. The van der Waals surface area contributed by atoms with Gasteiger partial charge in [0.2, 0.25) is 0 Å². The van der Waals surface area contributed by atoms with Gasteiger partial charge in [-0.1, -0.05) is 41.6 Å². The highest BCUT2D eigenvalue weighted by Crippen LogP contribution is 2.24. The number of nitrogens with two attached hydrogens (primary N) is 1. The summed E-state index contributed by atoms with van der Waals surface area (Å²) in [6.07, 6.45) is 0. The Bertz CT molecular complexity index is 589. The average molecular weight is 273 g/mol. The minimum atomic E-state index is 0.299. The molecule has 0 saturated carbocycles. The maximum absolute atomic E-state index is 9.02. The molecule has 2 rings (SSSR count). The summed E-state index contributed by atoms with van der Waals surface area (Å²) in [4.78, 5) is 0. The Morgan fingerprint density at radius 1 is 1.20 bits per heavy atom. The second kappa shape index (κ2) is 6.91. The summed E-state index contributed by atoms with van der Waals surface area (Å²) in [6, 6.07) is 14.5.